The third kappa shape index (κ3) is 5.17. The summed E-state index contributed by atoms with van der Waals surface area (Å²) in [7, 11) is -1.57. The van der Waals surface area contributed by atoms with Gasteiger partial charge in [-0.05, 0) is 52.5 Å². The SMILES string of the molecule is C[C@H]1C[C@@H](NC(=O)c2cc(C3CC3)on2)CCN1S(=O)(=O)N1CCC(N(C)CCO)CC1. The zero-order chi connectivity index (χ0) is 22.9. The van der Waals surface area contributed by atoms with E-state index in [1.807, 2.05) is 14.0 Å². The molecular weight excluding hydrogens is 434 g/mol. The maximum atomic E-state index is 13.3. The average molecular weight is 470 g/mol. The molecule has 0 spiro atoms. The molecule has 0 aromatic carbocycles. The van der Waals surface area contributed by atoms with Gasteiger partial charge in [-0.3, -0.25) is 4.79 Å². The Balaban J connectivity index is 1.29. The monoisotopic (exact) mass is 469 g/mol. The highest BCUT2D eigenvalue weighted by Gasteiger charge is 2.39. The lowest BCUT2D eigenvalue weighted by Gasteiger charge is -2.42. The molecule has 3 aliphatic rings. The molecule has 11 heteroatoms. The summed E-state index contributed by atoms with van der Waals surface area (Å²) in [4.78, 5) is 14.6. The van der Waals surface area contributed by atoms with Crippen molar-refractivity contribution in [2.24, 2.45) is 0 Å². The first-order valence-electron chi connectivity index (χ1n) is 11.6. The number of amides is 1. The number of rotatable bonds is 8. The van der Waals surface area contributed by atoms with E-state index in [1.165, 1.54) is 0 Å². The number of hydrogen-bond acceptors (Lipinski definition) is 7. The Morgan fingerprint density at radius 1 is 1.25 bits per heavy atom. The first kappa shape index (κ1) is 23.6. The number of carbonyl (C=O) groups excluding carboxylic acids is 1. The van der Waals surface area contributed by atoms with E-state index in [9.17, 15) is 13.2 Å². The lowest BCUT2D eigenvalue weighted by atomic mass is 10.0. The van der Waals surface area contributed by atoms with E-state index in [0.29, 0.717) is 56.7 Å². The van der Waals surface area contributed by atoms with Gasteiger partial charge in [-0.15, -0.1) is 0 Å². The van der Waals surface area contributed by atoms with E-state index in [1.54, 1.807) is 14.7 Å². The minimum absolute atomic E-state index is 0.0945. The van der Waals surface area contributed by atoms with Crippen LogP contribution in [-0.4, -0.2) is 96.1 Å². The Hall–Kier alpha value is -1.53. The molecule has 1 saturated carbocycles. The van der Waals surface area contributed by atoms with Crippen molar-refractivity contribution in [1.82, 2.24) is 24.0 Å². The highest BCUT2D eigenvalue weighted by atomic mass is 32.2. The number of hydrogen-bond donors (Lipinski definition) is 2. The van der Waals surface area contributed by atoms with Gasteiger partial charge in [0.25, 0.3) is 16.1 Å². The van der Waals surface area contributed by atoms with Crippen molar-refractivity contribution in [3.8, 4) is 0 Å². The predicted molar refractivity (Wildman–Crippen MR) is 118 cm³/mol. The third-order valence-corrected chi connectivity index (χ3v) is 9.17. The zero-order valence-corrected chi connectivity index (χ0v) is 19.8. The lowest BCUT2D eigenvalue weighted by Crippen LogP contribution is -2.56. The maximum Gasteiger partial charge on any atom is 0.282 e. The van der Waals surface area contributed by atoms with Gasteiger partial charge in [0.15, 0.2) is 5.69 Å². The number of aliphatic hydroxyl groups excluding tert-OH is 1. The van der Waals surface area contributed by atoms with Gasteiger partial charge in [-0.1, -0.05) is 5.16 Å². The van der Waals surface area contributed by atoms with Crippen molar-refractivity contribution in [3.05, 3.63) is 17.5 Å². The second-order valence-electron chi connectivity index (χ2n) is 9.39. The normalized spacial score (nSPS) is 26.5. The second kappa shape index (κ2) is 9.76. The fraction of sp³-hybridized carbons (Fsp3) is 0.810. The summed E-state index contributed by atoms with van der Waals surface area (Å²) >= 11 is 0. The Morgan fingerprint density at radius 3 is 2.59 bits per heavy atom. The van der Waals surface area contributed by atoms with Gasteiger partial charge in [0.05, 0.1) is 6.61 Å². The molecule has 3 heterocycles. The summed E-state index contributed by atoms with van der Waals surface area (Å²) in [6, 6.07) is 1.72. The van der Waals surface area contributed by atoms with Crippen molar-refractivity contribution >= 4 is 16.1 Å². The van der Waals surface area contributed by atoms with Crippen LogP contribution in [0.1, 0.15) is 67.6 Å². The molecule has 0 radical (unpaired) electrons. The topological polar surface area (TPSA) is 119 Å². The van der Waals surface area contributed by atoms with Gasteiger partial charge in [0.1, 0.15) is 5.76 Å². The summed E-state index contributed by atoms with van der Waals surface area (Å²) in [5, 5.41) is 16.0. The zero-order valence-electron chi connectivity index (χ0n) is 18.9. The average Bonchev–Trinajstić information content (AvgIpc) is 3.50. The number of piperidine rings is 2. The van der Waals surface area contributed by atoms with Gasteiger partial charge in [0, 0.05) is 56.3 Å². The molecule has 1 aromatic rings. The molecule has 4 rings (SSSR count). The number of aromatic nitrogens is 1. The van der Waals surface area contributed by atoms with Crippen LogP contribution in [0.5, 0.6) is 0 Å². The summed E-state index contributed by atoms with van der Waals surface area (Å²) in [6.45, 7) is 3.97. The molecular formula is C21H35N5O5S. The van der Waals surface area contributed by atoms with E-state index in [0.717, 1.165) is 31.4 Å². The van der Waals surface area contributed by atoms with Crippen LogP contribution in [0.2, 0.25) is 0 Å². The molecule has 180 valence electrons. The van der Waals surface area contributed by atoms with Crippen LogP contribution in [-0.2, 0) is 10.2 Å². The molecule has 10 nitrogen and oxygen atoms in total. The quantitative estimate of drug-likeness (QED) is 0.577. The number of nitrogens with one attached hydrogen (secondary N) is 1. The van der Waals surface area contributed by atoms with Crippen molar-refractivity contribution in [1.29, 1.82) is 0 Å². The smallest absolute Gasteiger partial charge is 0.282 e. The van der Waals surface area contributed by atoms with Crippen LogP contribution >= 0.6 is 0 Å². The van der Waals surface area contributed by atoms with E-state index in [-0.39, 0.29) is 24.6 Å². The Bertz CT molecular complexity index is 894. The van der Waals surface area contributed by atoms with Crippen LogP contribution in [0, 0.1) is 0 Å². The summed E-state index contributed by atoms with van der Waals surface area (Å²) in [5.74, 6) is 0.914. The van der Waals surface area contributed by atoms with Crippen LogP contribution < -0.4 is 5.32 Å². The first-order chi connectivity index (χ1) is 15.3. The van der Waals surface area contributed by atoms with Gasteiger partial charge in [-0.25, -0.2) is 0 Å². The van der Waals surface area contributed by atoms with Gasteiger partial charge in [0.2, 0.25) is 0 Å². The fourth-order valence-electron chi connectivity index (χ4n) is 4.84. The molecule has 32 heavy (non-hydrogen) atoms. The molecule has 0 bridgehead atoms. The Kier molecular flexibility index (Phi) is 7.21. The highest BCUT2D eigenvalue weighted by molar-refractivity contribution is 7.86. The highest BCUT2D eigenvalue weighted by Crippen LogP contribution is 2.40. The summed E-state index contributed by atoms with van der Waals surface area (Å²) in [5.41, 5.74) is 0.295. The van der Waals surface area contributed by atoms with Gasteiger partial charge in [-0.2, -0.15) is 17.0 Å². The van der Waals surface area contributed by atoms with E-state index >= 15 is 0 Å². The van der Waals surface area contributed by atoms with Crippen LogP contribution in [0.3, 0.4) is 0 Å². The Labute approximate surface area is 190 Å². The van der Waals surface area contributed by atoms with Crippen molar-refractivity contribution in [3.63, 3.8) is 0 Å². The molecule has 3 fully saturated rings. The molecule has 2 N–H and O–H groups in total. The predicted octanol–water partition coefficient (Wildman–Crippen LogP) is 0.768. The number of nitrogens with zero attached hydrogens (tertiary/aromatic N) is 4. The third-order valence-electron chi connectivity index (χ3n) is 7.01. The minimum atomic E-state index is -3.54. The van der Waals surface area contributed by atoms with Crippen LogP contribution in [0.4, 0.5) is 0 Å². The standard InChI is InChI=1S/C21H35N5O5S/c1-15-13-17(22-21(28)19-14-20(31-23-19)16-3-4-16)5-10-26(15)32(29,30)25-8-6-18(7-9-25)24(2)11-12-27/h14-18,27H,3-13H2,1-2H3,(H,22,28)/t15-,17-/m0/s1. The minimum Gasteiger partial charge on any atom is -0.395 e. The van der Waals surface area contributed by atoms with Crippen LogP contribution in [0.25, 0.3) is 0 Å². The molecule has 1 amide bonds. The van der Waals surface area contributed by atoms with Crippen molar-refractivity contribution < 1.29 is 22.8 Å². The molecule has 2 saturated heterocycles. The van der Waals surface area contributed by atoms with Gasteiger partial charge >= 0.3 is 0 Å². The fourth-order valence-corrected chi connectivity index (χ4v) is 6.69. The lowest BCUT2D eigenvalue weighted by molar-refractivity contribution is 0.0902. The largest absolute Gasteiger partial charge is 0.395 e. The van der Waals surface area contributed by atoms with Gasteiger partial charge < -0.3 is 19.8 Å². The number of aliphatic hydroxyl groups is 1. The van der Waals surface area contributed by atoms with Crippen molar-refractivity contribution in [2.45, 2.75) is 69.5 Å². The molecule has 1 aliphatic carbocycles. The van der Waals surface area contributed by atoms with E-state index < -0.39 is 10.2 Å². The molecule has 0 unspecified atom stereocenters. The summed E-state index contributed by atoms with van der Waals surface area (Å²) in [6.07, 6.45) is 4.82. The van der Waals surface area contributed by atoms with E-state index in [2.05, 4.69) is 15.4 Å². The Morgan fingerprint density at radius 2 is 1.97 bits per heavy atom. The molecule has 1 aromatic heterocycles. The van der Waals surface area contributed by atoms with Crippen molar-refractivity contribution in [2.75, 3.05) is 39.8 Å². The molecule has 2 atom stereocenters. The van der Waals surface area contributed by atoms with E-state index in [4.69, 9.17) is 9.63 Å². The number of likely N-dealkylation sites (N-methyl/N-ethyl adjacent to an activating group) is 1. The first-order valence-corrected chi connectivity index (χ1v) is 13.0. The second-order valence-corrected chi connectivity index (χ2v) is 11.3. The summed E-state index contributed by atoms with van der Waals surface area (Å²) < 4.78 is 35.0. The number of carbonyl (C=O) groups is 1. The molecule has 2 aliphatic heterocycles. The maximum absolute atomic E-state index is 13.3. The van der Waals surface area contributed by atoms with Crippen LogP contribution in [0.15, 0.2) is 10.6 Å².